The highest BCUT2D eigenvalue weighted by Crippen LogP contribution is 2.31. The Bertz CT molecular complexity index is 1290. The van der Waals surface area contributed by atoms with Crippen molar-refractivity contribution in [1.29, 1.82) is 10.5 Å². The lowest BCUT2D eigenvalue weighted by atomic mass is 10.1. The van der Waals surface area contributed by atoms with Crippen molar-refractivity contribution in [2.45, 2.75) is 13.3 Å². The van der Waals surface area contributed by atoms with Gasteiger partial charge in [0.25, 0.3) is 0 Å². The fourth-order valence-electron chi connectivity index (χ4n) is 3.12. The van der Waals surface area contributed by atoms with Crippen LogP contribution in [0.3, 0.4) is 0 Å². The minimum Gasteiger partial charge on any atom is -0.465 e. The van der Waals surface area contributed by atoms with Crippen molar-refractivity contribution in [2.75, 3.05) is 12.4 Å². The molecule has 3 aromatic carbocycles. The zero-order chi connectivity index (χ0) is 24.0. The lowest BCUT2D eigenvalue weighted by Gasteiger charge is -2.11. The van der Waals surface area contributed by atoms with Crippen LogP contribution in [0.2, 0.25) is 5.02 Å². The maximum atomic E-state index is 12.5. The number of hydrogen-bond acceptors (Lipinski definition) is 6. The number of ether oxygens (including phenoxy) is 2. The van der Waals surface area contributed by atoms with E-state index in [-0.39, 0.29) is 17.4 Å². The van der Waals surface area contributed by atoms with E-state index < -0.39 is 5.97 Å². The second-order valence-corrected chi connectivity index (χ2v) is 7.49. The van der Waals surface area contributed by atoms with Gasteiger partial charge in [0, 0.05) is 5.69 Å². The van der Waals surface area contributed by atoms with Gasteiger partial charge in [-0.1, -0.05) is 17.7 Å². The fourth-order valence-corrected chi connectivity index (χ4v) is 3.36. The number of nitrogens with one attached hydrogen (secondary N) is 1. The number of carbonyl (C=O) groups excluding carboxylic acids is 2. The van der Waals surface area contributed by atoms with Gasteiger partial charge in [0.15, 0.2) is 0 Å². The van der Waals surface area contributed by atoms with Crippen molar-refractivity contribution in [2.24, 2.45) is 0 Å². The predicted molar refractivity (Wildman–Crippen MR) is 122 cm³/mol. The summed E-state index contributed by atoms with van der Waals surface area (Å²) in [5.74, 6) is -0.0616. The number of methoxy groups -OCH3 is 1. The van der Waals surface area contributed by atoms with Crippen LogP contribution in [0.4, 0.5) is 5.69 Å². The SMILES string of the molecule is COC(=O)c1ccc(NC(=O)Cc2ccc(Oc3cc(C#N)cc(C#N)c3)c(Cl)c2)cc1C. The molecule has 0 unspecified atom stereocenters. The summed E-state index contributed by atoms with van der Waals surface area (Å²) in [6.45, 7) is 1.76. The number of esters is 1. The molecule has 33 heavy (non-hydrogen) atoms. The molecule has 1 amide bonds. The van der Waals surface area contributed by atoms with Crippen LogP contribution in [-0.2, 0) is 16.0 Å². The molecule has 0 aliphatic rings. The molecule has 0 saturated heterocycles. The molecule has 0 aliphatic carbocycles. The molecule has 0 fully saturated rings. The van der Waals surface area contributed by atoms with Crippen LogP contribution >= 0.6 is 11.6 Å². The van der Waals surface area contributed by atoms with E-state index in [1.807, 2.05) is 12.1 Å². The summed E-state index contributed by atoms with van der Waals surface area (Å²) in [6, 6.07) is 18.3. The summed E-state index contributed by atoms with van der Waals surface area (Å²) in [5, 5.41) is 21.3. The Morgan fingerprint density at radius 1 is 1.00 bits per heavy atom. The van der Waals surface area contributed by atoms with Crippen LogP contribution in [0, 0.1) is 29.6 Å². The summed E-state index contributed by atoms with van der Waals surface area (Å²) in [6.07, 6.45) is 0.0697. The zero-order valence-electron chi connectivity index (χ0n) is 17.8. The second kappa shape index (κ2) is 10.3. The molecule has 0 aromatic heterocycles. The third-order valence-corrected chi connectivity index (χ3v) is 4.96. The van der Waals surface area contributed by atoms with Crippen LogP contribution in [0.25, 0.3) is 0 Å². The molecule has 0 radical (unpaired) electrons. The van der Waals surface area contributed by atoms with Crippen molar-refractivity contribution >= 4 is 29.2 Å². The molecule has 3 rings (SSSR count). The number of hydrogen-bond donors (Lipinski definition) is 1. The summed E-state index contributed by atoms with van der Waals surface area (Å²) in [5.41, 5.74) is 2.93. The van der Waals surface area contributed by atoms with Crippen LogP contribution in [-0.4, -0.2) is 19.0 Å². The monoisotopic (exact) mass is 459 g/mol. The van der Waals surface area contributed by atoms with Gasteiger partial charge in [-0.25, -0.2) is 4.79 Å². The number of nitrogens with zero attached hydrogens (tertiary/aromatic N) is 2. The average Bonchev–Trinajstić information content (AvgIpc) is 2.80. The predicted octanol–water partition coefficient (Wildman–Crippen LogP) is 5.15. The molecular weight excluding hydrogens is 442 g/mol. The van der Waals surface area contributed by atoms with E-state index in [1.54, 1.807) is 43.3 Å². The van der Waals surface area contributed by atoms with Gasteiger partial charge < -0.3 is 14.8 Å². The van der Waals surface area contributed by atoms with Crippen LogP contribution in [0.5, 0.6) is 11.5 Å². The van der Waals surface area contributed by atoms with Crippen LogP contribution < -0.4 is 10.1 Å². The number of aryl methyl sites for hydroxylation is 1. The van der Waals surface area contributed by atoms with Gasteiger partial charge in [-0.15, -0.1) is 0 Å². The highest BCUT2D eigenvalue weighted by atomic mass is 35.5. The minimum atomic E-state index is -0.439. The third-order valence-electron chi connectivity index (χ3n) is 4.67. The van der Waals surface area contributed by atoms with Crippen molar-refractivity contribution in [3.63, 3.8) is 0 Å². The van der Waals surface area contributed by atoms with E-state index in [0.29, 0.717) is 45.0 Å². The number of carbonyl (C=O) groups is 2. The van der Waals surface area contributed by atoms with Gasteiger partial charge in [-0.05, 0) is 66.6 Å². The Hall–Kier alpha value is -4.33. The highest BCUT2D eigenvalue weighted by Gasteiger charge is 2.12. The third kappa shape index (κ3) is 5.88. The lowest BCUT2D eigenvalue weighted by molar-refractivity contribution is -0.115. The first-order valence-electron chi connectivity index (χ1n) is 9.73. The molecule has 0 saturated carbocycles. The Labute approximate surface area is 195 Å². The maximum Gasteiger partial charge on any atom is 0.338 e. The first kappa shape index (κ1) is 23.3. The fraction of sp³-hybridized carbons (Fsp3) is 0.120. The number of amides is 1. The Morgan fingerprint density at radius 3 is 2.27 bits per heavy atom. The van der Waals surface area contributed by atoms with Gasteiger partial charge in [-0.2, -0.15) is 10.5 Å². The molecule has 7 nitrogen and oxygen atoms in total. The molecule has 3 aromatic rings. The molecule has 0 bridgehead atoms. The Balaban J connectivity index is 1.69. The summed E-state index contributed by atoms with van der Waals surface area (Å²) < 4.78 is 10.5. The summed E-state index contributed by atoms with van der Waals surface area (Å²) >= 11 is 6.32. The van der Waals surface area contributed by atoms with Gasteiger partial charge in [0.2, 0.25) is 5.91 Å². The van der Waals surface area contributed by atoms with E-state index >= 15 is 0 Å². The minimum absolute atomic E-state index is 0.0697. The van der Waals surface area contributed by atoms with E-state index in [4.69, 9.17) is 31.6 Å². The number of nitriles is 2. The van der Waals surface area contributed by atoms with E-state index in [0.717, 1.165) is 0 Å². The van der Waals surface area contributed by atoms with Crippen LogP contribution in [0.1, 0.15) is 32.6 Å². The Morgan fingerprint density at radius 2 is 1.70 bits per heavy atom. The first-order valence-corrected chi connectivity index (χ1v) is 10.1. The van der Waals surface area contributed by atoms with Crippen molar-refractivity contribution in [3.05, 3.63) is 87.4 Å². The number of anilines is 1. The summed E-state index contributed by atoms with van der Waals surface area (Å²) in [4.78, 5) is 24.1. The van der Waals surface area contributed by atoms with Crippen molar-refractivity contribution < 1.29 is 19.1 Å². The zero-order valence-corrected chi connectivity index (χ0v) is 18.6. The summed E-state index contributed by atoms with van der Waals surface area (Å²) in [7, 11) is 1.31. The van der Waals surface area contributed by atoms with Gasteiger partial charge in [-0.3, -0.25) is 4.79 Å². The largest absolute Gasteiger partial charge is 0.465 e. The van der Waals surface area contributed by atoms with Gasteiger partial charge in [0.1, 0.15) is 11.5 Å². The first-order chi connectivity index (χ1) is 15.8. The molecule has 1 N–H and O–H groups in total. The average molecular weight is 460 g/mol. The van der Waals surface area contributed by atoms with Crippen LogP contribution in [0.15, 0.2) is 54.6 Å². The molecule has 164 valence electrons. The smallest absolute Gasteiger partial charge is 0.338 e. The molecule has 0 spiro atoms. The number of rotatable bonds is 6. The van der Waals surface area contributed by atoms with E-state index in [1.165, 1.54) is 25.3 Å². The van der Waals surface area contributed by atoms with Gasteiger partial charge in [0.05, 0.1) is 47.4 Å². The number of halogens is 1. The molecule has 8 heteroatoms. The highest BCUT2D eigenvalue weighted by molar-refractivity contribution is 6.32. The lowest BCUT2D eigenvalue weighted by Crippen LogP contribution is -2.15. The van der Waals surface area contributed by atoms with Crippen molar-refractivity contribution in [1.82, 2.24) is 0 Å². The Kier molecular flexibility index (Phi) is 7.30. The van der Waals surface area contributed by atoms with Crippen molar-refractivity contribution in [3.8, 4) is 23.6 Å². The number of benzene rings is 3. The molecule has 0 aliphatic heterocycles. The normalized spacial score (nSPS) is 9.97. The standard InChI is InChI=1S/C25H18ClN3O4/c1-15-7-19(4-5-21(15)25(31)32-2)29-24(30)12-16-3-6-23(22(26)11-16)33-20-9-17(13-27)8-18(10-20)14-28/h3-11H,12H2,1-2H3,(H,29,30). The maximum absolute atomic E-state index is 12.5. The second-order valence-electron chi connectivity index (χ2n) is 7.08. The van der Waals surface area contributed by atoms with E-state index in [9.17, 15) is 9.59 Å². The topological polar surface area (TPSA) is 112 Å². The molecular formula is C25H18ClN3O4. The van der Waals surface area contributed by atoms with E-state index in [2.05, 4.69) is 5.32 Å². The van der Waals surface area contributed by atoms with Gasteiger partial charge >= 0.3 is 5.97 Å². The molecule has 0 heterocycles. The quantitative estimate of drug-likeness (QED) is 0.510. The molecule has 0 atom stereocenters.